The Morgan fingerprint density at radius 1 is 1.24 bits per heavy atom. The van der Waals surface area contributed by atoms with Crippen LogP contribution in [0, 0.1) is 24.0 Å². The molecule has 11 nitrogen and oxygen atoms in total. The lowest BCUT2D eigenvalue weighted by molar-refractivity contribution is -0.387. The molecule has 2 aromatic heterocycles. The molecule has 0 fully saturated rings. The molecule has 0 saturated heterocycles. The minimum absolute atomic E-state index is 0.0256. The van der Waals surface area contributed by atoms with E-state index in [0.717, 1.165) is 29.2 Å². The summed E-state index contributed by atoms with van der Waals surface area (Å²) in [6.45, 7) is 4.32. The summed E-state index contributed by atoms with van der Waals surface area (Å²) in [4.78, 5) is 36.4. The van der Waals surface area contributed by atoms with Gasteiger partial charge in [0.15, 0.2) is 11.8 Å². The number of rotatable bonds is 10. The van der Waals surface area contributed by atoms with Crippen LogP contribution in [-0.2, 0) is 23.1 Å². The fraction of sp³-hybridized carbons (Fsp3) is 0.333. The van der Waals surface area contributed by atoms with Crippen LogP contribution in [0.25, 0.3) is 0 Å². The number of methoxy groups -OCH3 is 1. The molecule has 0 aliphatic rings. The Labute approximate surface area is 193 Å². The van der Waals surface area contributed by atoms with E-state index in [4.69, 9.17) is 9.47 Å². The summed E-state index contributed by atoms with van der Waals surface area (Å²) in [5.74, 6) is -1.18. The van der Waals surface area contributed by atoms with Crippen molar-refractivity contribution in [1.29, 1.82) is 0 Å². The zero-order valence-electron chi connectivity index (χ0n) is 18.6. The largest absolute Gasteiger partial charge is 0.454 e. The molecule has 0 radical (unpaired) electrons. The molecule has 0 unspecified atom stereocenters. The summed E-state index contributed by atoms with van der Waals surface area (Å²) in [7, 11) is 3.32. The van der Waals surface area contributed by atoms with E-state index in [-0.39, 0.29) is 17.0 Å². The minimum Gasteiger partial charge on any atom is -0.454 e. The number of esters is 1. The second-order valence-corrected chi connectivity index (χ2v) is 8.20. The summed E-state index contributed by atoms with van der Waals surface area (Å²) in [5.41, 5.74) is 1.81. The van der Waals surface area contributed by atoms with E-state index in [2.05, 4.69) is 10.2 Å². The molecule has 0 aliphatic heterocycles. The molecule has 3 aromatic rings. The van der Waals surface area contributed by atoms with Gasteiger partial charge >= 0.3 is 5.97 Å². The normalized spacial score (nSPS) is 10.9. The van der Waals surface area contributed by atoms with E-state index in [1.54, 1.807) is 24.8 Å². The van der Waals surface area contributed by atoms with E-state index in [9.17, 15) is 19.7 Å². The predicted molar refractivity (Wildman–Crippen MR) is 119 cm³/mol. The number of hydrogen-bond acceptors (Lipinski definition) is 9. The van der Waals surface area contributed by atoms with Crippen molar-refractivity contribution < 1.29 is 24.0 Å². The van der Waals surface area contributed by atoms with Gasteiger partial charge in [0.25, 0.3) is 5.69 Å². The molecular weight excluding hydrogens is 450 g/mol. The fourth-order valence-electron chi connectivity index (χ4n) is 3.24. The lowest BCUT2D eigenvalue weighted by atomic mass is 10.1. The molecule has 0 N–H and O–H groups in total. The summed E-state index contributed by atoms with van der Waals surface area (Å²) in [6.07, 6.45) is 1.48. The van der Waals surface area contributed by atoms with Crippen molar-refractivity contribution >= 4 is 29.2 Å². The van der Waals surface area contributed by atoms with Gasteiger partial charge in [0.2, 0.25) is 5.78 Å². The number of carbonyl (C=O) groups excluding carboxylic acids is 2. The van der Waals surface area contributed by atoms with E-state index < -0.39 is 17.5 Å². The lowest BCUT2D eigenvalue weighted by Crippen LogP contribution is -2.15. The van der Waals surface area contributed by atoms with E-state index in [1.807, 2.05) is 18.4 Å². The van der Waals surface area contributed by atoms with Gasteiger partial charge in [-0.3, -0.25) is 14.9 Å². The lowest BCUT2D eigenvalue weighted by Gasteiger charge is -2.09. The van der Waals surface area contributed by atoms with Gasteiger partial charge in [-0.05, 0) is 43.8 Å². The Balaban J connectivity index is 1.71. The first kappa shape index (κ1) is 24.1. The molecule has 0 aliphatic carbocycles. The molecule has 3 rings (SSSR count). The number of benzene rings is 1. The van der Waals surface area contributed by atoms with Gasteiger partial charge in [-0.25, -0.2) is 4.79 Å². The van der Waals surface area contributed by atoms with E-state index in [1.165, 1.54) is 18.5 Å². The Morgan fingerprint density at radius 2 is 2.00 bits per heavy atom. The summed E-state index contributed by atoms with van der Waals surface area (Å²) in [6, 6.07) is 5.72. The molecular formula is C21H23N5O6S. The van der Waals surface area contributed by atoms with Crippen LogP contribution in [0.2, 0.25) is 0 Å². The number of ketones is 1. The predicted octanol–water partition coefficient (Wildman–Crippen LogP) is 2.98. The number of aromatic nitrogens is 4. The third-order valence-electron chi connectivity index (χ3n) is 4.99. The van der Waals surface area contributed by atoms with Crippen LogP contribution in [0.4, 0.5) is 5.69 Å². The van der Waals surface area contributed by atoms with Crippen molar-refractivity contribution in [3.8, 4) is 0 Å². The highest BCUT2D eigenvalue weighted by atomic mass is 32.2. The van der Waals surface area contributed by atoms with Gasteiger partial charge in [0, 0.05) is 43.7 Å². The number of ether oxygens (including phenoxy) is 2. The molecule has 0 atom stereocenters. The Kier molecular flexibility index (Phi) is 7.61. The van der Waals surface area contributed by atoms with E-state index >= 15 is 0 Å². The zero-order valence-corrected chi connectivity index (χ0v) is 19.4. The van der Waals surface area contributed by atoms with Crippen LogP contribution in [0.3, 0.4) is 0 Å². The third-order valence-corrected chi connectivity index (χ3v) is 6.11. The highest BCUT2D eigenvalue weighted by Crippen LogP contribution is 2.34. The topological polar surface area (TPSA) is 131 Å². The third kappa shape index (κ3) is 5.46. The van der Waals surface area contributed by atoms with Crippen LogP contribution < -0.4 is 0 Å². The second-order valence-electron chi connectivity index (χ2n) is 7.19. The monoisotopic (exact) mass is 473 g/mol. The quantitative estimate of drug-likeness (QED) is 0.189. The number of nitrogens with zero attached hydrogens (tertiary/aromatic N) is 5. The Morgan fingerprint density at radius 3 is 2.64 bits per heavy atom. The molecule has 33 heavy (non-hydrogen) atoms. The summed E-state index contributed by atoms with van der Waals surface area (Å²) >= 11 is 1.05. The van der Waals surface area contributed by atoms with Crippen LogP contribution in [-0.4, -0.2) is 56.3 Å². The highest BCUT2D eigenvalue weighted by Gasteiger charge is 2.22. The summed E-state index contributed by atoms with van der Waals surface area (Å²) in [5, 5.41) is 19.6. The number of carbonyl (C=O) groups is 2. The average molecular weight is 474 g/mol. The molecule has 12 heteroatoms. The maximum atomic E-state index is 12.6. The van der Waals surface area contributed by atoms with Gasteiger partial charge < -0.3 is 18.6 Å². The van der Waals surface area contributed by atoms with Gasteiger partial charge in [-0.15, -0.1) is 10.2 Å². The molecule has 1 aromatic carbocycles. The fourth-order valence-corrected chi connectivity index (χ4v) is 4.09. The van der Waals surface area contributed by atoms with Crippen molar-refractivity contribution in [1.82, 2.24) is 19.3 Å². The standard InChI is InChI=1S/C21H23N5O6S/c1-13-9-16(14(2)25(13)7-8-31-4)18(27)11-32-20(28)15-5-6-19(17(10-15)26(29)30)33-21-23-22-12-24(21)3/h5-6,9-10,12H,7-8,11H2,1-4H3. The minimum atomic E-state index is -0.824. The van der Waals surface area contributed by atoms with Gasteiger partial charge in [0.05, 0.1) is 22.0 Å². The molecule has 0 saturated carbocycles. The van der Waals surface area contributed by atoms with Crippen LogP contribution in [0.15, 0.2) is 40.6 Å². The molecule has 0 bridgehead atoms. The number of hydrogen-bond donors (Lipinski definition) is 0. The zero-order chi connectivity index (χ0) is 24.1. The molecule has 174 valence electrons. The first-order valence-corrected chi connectivity index (χ1v) is 10.7. The number of Topliss-reactive ketones (excluding diaryl/α,β-unsaturated/α-hetero) is 1. The molecule has 0 amide bonds. The summed E-state index contributed by atoms with van der Waals surface area (Å²) < 4.78 is 13.8. The van der Waals surface area contributed by atoms with Crippen LogP contribution in [0.1, 0.15) is 32.1 Å². The van der Waals surface area contributed by atoms with Gasteiger partial charge in [0.1, 0.15) is 6.33 Å². The number of nitro groups is 1. The van der Waals surface area contributed by atoms with Crippen molar-refractivity contribution in [2.24, 2.45) is 7.05 Å². The Bertz CT molecular complexity index is 1200. The maximum Gasteiger partial charge on any atom is 0.338 e. The van der Waals surface area contributed by atoms with Crippen molar-refractivity contribution in [3.05, 3.63) is 63.2 Å². The smallest absolute Gasteiger partial charge is 0.338 e. The van der Waals surface area contributed by atoms with Crippen LogP contribution in [0.5, 0.6) is 0 Å². The van der Waals surface area contributed by atoms with Gasteiger partial charge in [-0.1, -0.05) is 0 Å². The van der Waals surface area contributed by atoms with Crippen molar-refractivity contribution in [2.75, 3.05) is 20.3 Å². The second kappa shape index (κ2) is 10.4. The van der Waals surface area contributed by atoms with Gasteiger partial charge in [-0.2, -0.15) is 0 Å². The first-order valence-electron chi connectivity index (χ1n) is 9.89. The van der Waals surface area contributed by atoms with Crippen molar-refractivity contribution in [3.63, 3.8) is 0 Å². The maximum absolute atomic E-state index is 12.6. The Hall–Kier alpha value is -3.51. The molecule has 2 heterocycles. The van der Waals surface area contributed by atoms with Crippen molar-refractivity contribution in [2.45, 2.75) is 30.4 Å². The highest BCUT2D eigenvalue weighted by molar-refractivity contribution is 7.99. The first-order chi connectivity index (χ1) is 15.7. The van der Waals surface area contributed by atoms with Crippen LogP contribution >= 0.6 is 11.8 Å². The average Bonchev–Trinajstić information content (AvgIpc) is 3.32. The number of nitro benzene ring substituents is 1. The molecule has 0 spiro atoms. The SMILES string of the molecule is COCCn1c(C)cc(C(=O)COC(=O)c2ccc(Sc3nncn3C)c([N+](=O)[O-])c2)c1C. The van der Waals surface area contributed by atoms with E-state index in [0.29, 0.717) is 28.8 Å². The number of aryl methyl sites for hydroxylation is 2.